The van der Waals surface area contributed by atoms with Gasteiger partial charge in [0.2, 0.25) is 0 Å². The Morgan fingerprint density at radius 2 is 2.00 bits per heavy atom. The molecule has 1 aromatic carbocycles. The number of carbonyl (C=O) groups is 2. The quantitative estimate of drug-likeness (QED) is 0.493. The maximum atomic E-state index is 12.1. The summed E-state index contributed by atoms with van der Waals surface area (Å²) in [5, 5.41) is 13.2. The van der Waals surface area contributed by atoms with E-state index < -0.39 is 16.9 Å². The number of nitrogens with one attached hydrogen (secondary N) is 1. The molecule has 7 nitrogen and oxygen atoms in total. The zero-order chi connectivity index (χ0) is 17.7. The van der Waals surface area contributed by atoms with Gasteiger partial charge in [0.25, 0.3) is 11.6 Å². The average molecular weight is 355 g/mol. The van der Waals surface area contributed by atoms with Crippen LogP contribution in [0.1, 0.15) is 39.0 Å². The van der Waals surface area contributed by atoms with Gasteiger partial charge in [0.1, 0.15) is 0 Å². The maximum Gasteiger partial charge on any atom is 0.309 e. The number of amides is 1. The monoisotopic (exact) mass is 354 g/mol. The molecule has 8 heteroatoms. The zero-order valence-corrected chi connectivity index (χ0v) is 14.0. The Morgan fingerprint density at radius 1 is 1.33 bits per heavy atom. The van der Waals surface area contributed by atoms with E-state index in [0.717, 1.165) is 38.2 Å². The smallest absolute Gasteiger partial charge is 0.309 e. The van der Waals surface area contributed by atoms with E-state index in [1.807, 2.05) is 0 Å². The van der Waals surface area contributed by atoms with Gasteiger partial charge in [-0.2, -0.15) is 0 Å². The fraction of sp³-hybridized carbons (Fsp3) is 0.500. The van der Waals surface area contributed by atoms with Crippen molar-refractivity contribution in [1.82, 2.24) is 0 Å². The summed E-state index contributed by atoms with van der Waals surface area (Å²) < 4.78 is 5.22. The summed E-state index contributed by atoms with van der Waals surface area (Å²) in [5.41, 5.74) is 0.0580. The second kappa shape index (κ2) is 8.10. The predicted molar refractivity (Wildman–Crippen MR) is 88.9 cm³/mol. The van der Waals surface area contributed by atoms with E-state index in [4.69, 9.17) is 16.3 Å². The second-order valence-electron chi connectivity index (χ2n) is 5.82. The lowest BCUT2D eigenvalue weighted by Crippen LogP contribution is -2.33. The van der Waals surface area contributed by atoms with Crippen LogP contribution in [0.3, 0.4) is 0 Å². The van der Waals surface area contributed by atoms with Gasteiger partial charge in [0.15, 0.2) is 6.10 Å². The number of benzene rings is 1. The van der Waals surface area contributed by atoms with E-state index in [1.54, 1.807) is 0 Å². The third kappa shape index (κ3) is 4.67. The van der Waals surface area contributed by atoms with Crippen molar-refractivity contribution in [2.75, 3.05) is 5.32 Å². The maximum absolute atomic E-state index is 12.1. The van der Waals surface area contributed by atoms with Crippen LogP contribution in [0.2, 0.25) is 5.02 Å². The number of esters is 1. The molecule has 1 amide bonds. The Balaban J connectivity index is 1.93. The van der Waals surface area contributed by atoms with Crippen molar-refractivity contribution >= 4 is 34.9 Å². The molecule has 1 aliphatic carbocycles. The molecule has 2 rings (SSSR count). The lowest BCUT2D eigenvalue weighted by atomic mass is 9.89. The highest BCUT2D eigenvalue weighted by atomic mass is 35.5. The molecule has 130 valence electrons. The standard InChI is InChI=1S/C16H19ClN2O5/c1-10(24-16(21)11-5-3-2-4-6-11)15(20)18-14-8-7-12(19(22)23)9-13(14)17/h7-11H,2-6H2,1H3,(H,18,20). The van der Waals surface area contributed by atoms with E-state index in [2.05, 4.69) is 5.32 Å². The predicted octanol–water partition coefficient (Wildman–Crippen LogP) is 3.70. The van der Waals surface area contributed by atoms with Gasteiger partial charge < -0.3 is 10.1 Å². The van der Waals surface area contributed by atoms with Gasteiger partial charge in [-0.05, 0) is 25.8 Å². The van der Waals surface area contributed by atoms with Crippen LogP contribution in [0.5, 0.6) is 0 Å². The number of nitrogens with zero attached hydrogens (tertiary/aromatic N) is 1. The van der Waals surface area contributed by atoms with Crippen LogP contribution in [0.15, 0.2) is 18.2 Å². The number of non-ortho nitro benzene ring substituents is 1. The van der Waals surface area contributed by atoms with E-state index in [1.165, 1.54) is 19.1 Å². The normalized spacial score (nSPS) is 16.2. The number of ether oxygens (including phenoxy) is 1. The minimum Gasteiger partial charge on any atom is -0.452 e. The van der Waals surface area contributed by atoms with Gasteiger partial charge in [-0.3, -0.25) is 19.7 Å². The summed E-state index contributed by atoms with van der Waals surface area (Å²) in [6.45, 7) is 1.48. The molecule has 1 aliphatic rings. The van der Waals surface area contributed by atoms with E-state index in [9.17, 15) is 19.7 Å². The molecule has 0 aliphatic heterocycles. The van der Waals surface area contributed by atoms with Crippen molar-refractivity contribution in [2.45, 2.75) is 45.1 Å². The van der Waals surface area contributed by atoms with Crippen LogP contribution < -0.4 is 5.32 Å². The summed E-state index contributed by atoms with van der Waals surface area (Å²) in [5.74, 6) is -1.03. The van der Waals surface area contributed by atoms with E-state index in [0.29, 0.717) is 0 Å². The first-order valence-electron chi connectivity index (χ1n) is 7.84. The van der Waals surface area contributed by atoms with Gasteiger partial charge >= 0.3 is 5.97 Å². The molecule has 0 radical (unpaired) electrons. The fourth-order valence-corrected chi connectivity index (χ4v) is 2.84. The number of rotatable bonds is 5. The molecule has 1 atom stereocenters. The molecule has 0 bridgehead atoms. The Hall–Kier alpha value is -2.15. The average Bonchev–Trinajstić information content (AvgIpc) is 2.57. The van der Waals surface area contributed by atoms with Crippen LogP contribution in [0.4, 0.5) is 11.4 Å². The van der Waals surface area contributed by atoms with Crippen molar-refractivity contribution in [2.24, 2.45) is 5.92 Å². The van der Waals surface area contributed by atoms with Crippen molar-refractivity contribution in [3.05, 3.63) is 33.3 Å². The number of anilines is 1. The summed E-state index contributed by atoms with van der Waals surface area (Å²) in [6, 6.07) is 3.73. The molecule has 0 aromatic heterocycles. The van der Waals surface area contributed by atoms with E-state index >= 15 is 0 Å². The lowest BCUT2D eigenvalue weighted by Gasteiger charge is -2.22. The Kier molecular flexibility index (Phi) is 6.14. The third-order valence-corrected chi connectivity index (χ3v) is 4.33. The van der Waals surface area contributed by atoms with Crippen molar-refractivity contribution in [1.29, 1.82) is 0 Å². The van der Waals surface area contributed by atoms with Crippen molar-refractivity contribution in [3.8, 4) is 0 Å². The van der Waals surface area contributed by atoms with Crippen LogP contribution in [-0.2, 0) is 14.3 Å². The van der Waals surface area contributed by atoms with E-state index in [-0.39, 0.29) is 28.3 Å². The number of carbonyl (C=O) groups excluding carboxylic acids is 2. The number of halogens is 1. The first-order chi connectivity index (χ1) is 11.4. The molecule has 1 fully saturated rings. The molecule has 0 spiro atoms. The first kappa shape index (κ1) is 18.2. The summed E-state index contributed by atoms with van der Waals surface area (Å²) >= 11 is 5.92. The minimum absolute atomic E-state index is 0.0448. The highest BCUT2D eigenvalue weighted by molar-refractivity contribution is 6.34. The van der Waals surface area contributed by atoms with Gasteiger partial charge in [0.05, 0.1) is 21.6 Å². The largest absolute Gasteiger partial charge is 0.452 e. The SMILES string of the molecule is CC(OC(=O)C1CCCCC1)C(=O)Nc1ccc([N+](=O)[O-])cc1Cl. The van der Waals surface area contributed by atoms with Crippen molar-refractivity contribution in [3.63, 3.8) is 0 Å². The Morgan fingerprint density at radius 3 is 2.58 bits per heavy atom. The van der Waals surface area contributed by atoms with Crippen LogP contribution in [0.25, 0.3) is 0 Å². The van der Waals surface area contributed by atoms with Crippen molar-refractivity contribution < 1.29 is 19.2 Å². The van der Waals surface area contributed by atoms with Gasteiger partial charge in [-0.25, -0.2) is 0 Å². The molecule has 1 N–H and O–H groups in total. The number of hydrogen-bond acceptors (Lipinski definition) is 5. The number of nitro benzene ring substituents is 1. The topological polar surface area (TPSA) is 98.5 Å². The molecule has 0 heterocycles. The molecule has 1 unspecified atom stereocenters. The van der Waals surface area contributed by atoms with Crippen LogP contribution >= 0.6 is 11.6 Å². The number of hydrogen-bond donors (Lipinski definition) is 1. The molecule has 1 aromatic rings. The Bertz CT molecular complexity index is 643. The fourth-order valence-electron chi connectivity index (χ4n) is 2.62. The van der Waals surface area contributed by atoms with Crippen LogP contribution in [0, 0.1) is 16.0 Å². The summed E-state index contributed by atoms with van der Waals surface area (Å²) in [6.07, 6.45) is 3.74. The third-order valence-electron chi connectivity index (χ3n) is 4.02. The Labute approximate surface area is 144 Å². The zero-order valence-electron chi connectivity index (χ0n) is 13.3. The summed E-state index contributed by atoms with van der Waals surface area (Å²) in [4.78, 5) is 34.3. The van der Waals surface area contributed by atoms with Gasteiger partial charge in [0, 0.05) is 12.1 Å². The molecule has 1 saturated carbocycles. The molecular formula is C16H19ClN2O5. The highest BCUT2D eigenvalue weighted by Crippen LogP contribution is 2.27. The summed E-state index contributed by atoms with van der Waals surface area (Å²) in [7, 11) is 0. The van der Waals surface area contributed by atoms with Crippen LogP contribution in [-0.4, -0.2) is 22.9 Å². The highest BCUT2D eigenvalue weighted by Gasteiger charge is 2.26. The first-order valence-corrected chi connectivity index (χ1v) is 8.21. The molecule has 24 heavy (non-hydrogen) atoms. The molecule has 0 saturated heterocycles. The van der Waals surface area contributed by atoms with Gasteiger partial charge in [-0.1, -0.05) is 30.9 Å². The van der Waals surface area contributed by atoms with Gasteiger partial charge in [-0.15, -0.1) is 0 Å². The molecular weight excluding hydrogens is 336 g/mol. The minimum atomic E-state index is -0.967. The lowest BCUT2D eigenvalue weighted by molar-refractivity contribution is -0.384. The number of nitro groups is 1. The second-order valence-corrected chi connectivity index (χ2v) is 6.23.